The van der Waals surface area contributed by atoms with Crippen LogP contribution in [0.15, 0.2) is 76.5 Å². The van der Waals surface area contributed by atoms with Crippen LogP contribution in [0.25, 0.3) is 22.1 Å². The number of sulfonamides is 1. The highest BCUT2D eigenvalue weighted by molar-refractivity contribution is 7.92. The molecular weight excluding hydrogens is 376 g/mol. The Labute approximate surface area is 162 Å². The number of benzene rings is 2. The van der Waals surface area contributed by atoms with E-state index in [1.165, 1.54) is 7.11 Å². The molecule has 0 radical (unpaired) electrons. The van der Waals surface area contributed by atoms with Crippen molar-refractivity contribution in [1.82, 2.24) is 4.98 Å². The van der Waals surface area contributed by atoms with Crippen molar-refractivity contribution < 1.29 is 17.6 Å². The Morgan fingerprint density at radius 3 is 2.71 bits per heavy atom. The van der Waals surface area contributed by atoms with Crippen molar-refractivity contribution in [3.8, 4) is 16.9 Å². The molecule has 0 atom stereocenters. The van der Waals surface area contributed by atoms with E-state index in [0.29, 0.717) is 11.3 Å². The third-order valence-corrected chi connectivity index (χ3v) is 5.79. The molecule has 2 aromatic heterocycles. The number of nitrogens with zero attached hydrogens (tertiary/aromatic N) is 1. The average Bonchev–Trinajstić information content (AvgIpc) is 3.16. The Hall–Kier alpha value is -3.32. The largest absolute Gasteiger partial charge is 0.495 e. The summed E-state index contributed by atoms with van der Waals surface area (Å²) in [5.74, 6) is 0.287. The first-order valence-electron chi connectivity index (χ1n) is 8.57. The van der Waals surface area contributed by atoms with Gasteiger partial charge in [-0.25, -0.2) is 8.42 Å². The summed E-state index contributed by atoms with van der Waals surface area (Å²) in [4.78, 5) is 4.23. The second-order valence-electron chi connectivity index (χ2n) is 6.36. The third kappa shape index (κ3) is 3.32. The highest BCUT2D eigenvalue weighted by atomic mass is 32.2. The Bertz CT molecular complexity index is 1250. The number of methoxy groups -OCH3 is 1. The van der Waals surface area contributed by atoms with Gasteiger partial charge < -0.3 is 9.15 Å². The van der Waals surface area contributed by atoms with Gasteiger partial charge in [-0.1, -0.05) is 12.1 Å². The van der Waals surface area contributed by atoms with Crippen LogP contribution in [0.1, 0.15) is 5.56 Å². The van der Waals surface area contributed by atoms with Gasteiger partial charge in [0.25, 0.3) is 10.0 Å². The zero-order valence-electron chi connectivity index (χ0n) is 15.3. The van der Waals surface area contributed by atoms with Crippen molar-refractivity contribution in [1.29, 1.82) is 0 Å². The lowest BCUT2D eigenvalue weighted by atomic mass is 10.0. The molecule has 4 rings (SSSR count). The number of anilines is 1. The first-order chi connectivity index (χ1) is 13.5. The second kappa shape index (κ2) is 7.01. The summed E-state index contributed by atoms with van der Waals surface area (Å²) in [5.41, 5.74) is 3.50. The summed E-state index contributed by atoms with van der Waals surface area (Å²) in [6.45, 7) is 1.83. The topological polar surface area (TPSA) is 81.4 Å². The summed E-state index contributed by atoms with van der Waals surface area (Å²) in [6, 6.07) is 14.0. The number of hydrogen-bond donors (Lipinski definition) is 1. The lowest BCUT2D eigenvalue weighted by molar-refractivity contribution is 0.402. The van der Waals surface area contributed by atoms with Crippen molar-refractivity contribution in [2.75, 3.05) is 11.8 Å². The molecule has 0 bridgehead atoms. The smallest absolute Gasteiger partial charge is 0.265 e. The number of rotatable bonds is 5. The summed E-state index contributed by atoms with van der Waals surface area (Å²) in [6.07, 6.45) is 4.96. The lowest BCUT2D eigenvalue weighted by Crippen LogP contribution is -2.14. The van der Waals surface area contributed by atoms with Crippen LogP contribution in [-0.2, 0) is 10.0 Å². The molecule has 0 unspecified atom stereocenters. The minimum absolute atomic E-state index is 0.0882. The normalized spacial score (nSPS) is 11.5. The molecular formula is C21H18N2O4S. The number of pyridine rings is 1. The molecule has 1 N–H and O–H groups in total. The van der Waals surface area contributed by atoms with Gasteiger partial charge in [0.15, 0.2) is 0 Å². The van der Waals surface area contributed by atoms with Gasteiger partial charge in [0.05, 0.1) is 19.1 Å². The Morgan fingerprint density at radius 1 is 1.11 bits per heavy atom. The second-order valence-corrected chi connectivity index (χ2v) is 8.02. The molecule has 142 valence electrons. The predicted molar refractivity (Wildman–Crippen MR) is 108 cm³/mol. The van der Waals surface area contributed by atoms with Crippen LogP contribution < -0.4 is 9.46 Å². The summed E-state index contributed by atoms with van der Waals surface area (Å²) in [7, 11) is -2.40. The number of aromatic nitrogens is 1. The van der Waals surface area contributed by atoms with Crippen molar-refractivity contribution in [2.24, 2.45) is 0 Å². The molecule has 2 heterocycles. The fraction of sp³-hybridized carbons (Fsp3) is 0.0952. The first-order valence-corrected chi connectivity index (χ1v) is 10.1. The maximum atomic E-state index is 13.0. The molecule has 6 nitrogen and oxygen atoms in total. The molecule has 28 heavy (non-hydrogen) atoms. The van der Waals surface area contributed by atoms with E-state index in [0.717, 1.165) is 22.1 Å². The molecule has 2 aromatic carbocycles. The van der Waals surface area contributed by atoms with Gasteiger partial charge in [-0.2, -0.15) is 0 Å². The molecule has 0 amide bonds. The van der Waals surface area contributed by atoms with Gasteiger partial charge in [0.2, 0.25) is 0 Å². The van der Waals surface area contributed by atoms with Gasteiger partial charge in [-0.15, -0.1) is 0 Å². The monoisotopic (exact) mass is 394 g/mol. The van der Waals surface area contributed by atoms with E-state index in [1.54, 1.807) is 55.1 Å². The van der Waals surface area contributed by atoms with E-state index >= 15 is 0 Å². The number of hydrogen-bond acceptors (Lipinski definition) is 5. The van der Waals surface area contributed by atoms with E-state index in [4.69, 9.17) is 9.15 Å². The molecule has 0 saturated carbocycles. The lowest BCUT2D eigenvalue weighted by Gasteiger charge is -2.13. The number of aryl methyl sites for hydroxylation is 1. The van der Waals surface area contributed by atoms with E-state index in [-0.39, 0.29) is 10.6 Å². The van der Waals surface area contributed by atoms with Crippen LogP contribution in [-0.4, -0.2) is 20.5 Å². The van der Waals surface area contributed by atoms with Crippen molar-refractivity contribution in [3.05, 3.63) is 72.8 Å². The third-order valence-electron chi connectivity index (χ3n) is 4.38. The molecule has 0 aliphatic carbocycles. The van der Waals surface area contributed by atoms with Crippen LogP contribution in [0.5, 0.6) is 5.75 Å². The summed E-state index contributed by atoms with van der Waals surface area (Å²) in [5, 5.41) is 0.787. The first kappa shape index (κ1) is 18.1. The fourth-order valence-electron chi connectivity index (χ4n) is 3.08. The van der Waals surface area contributed by atoms with Gasteiger partial charge >= 0.3 is 0 Å². The van der Waals surface area contributed by atoms with Gasteiger partial charge in [0.1, 0.15) is 16.2 Å². The zero-order valence-corrected chi connectivity index (χ0v) is 16.2. The molecule has 0 aliphatic rings. The Morgan fingerprint density at radius 2 is 1.96 bits per heavy atom. The molecule has 4 aromatic rings. The maximum absolute atomic E-state index is 13.0. The molecule has 0 spiro atoms. The van der Waals surface area contributed by atoms with E-state index in [1.807, 2.05) is 19.1 Å². The van der Waals surface area contributed by atoms with Crippen molar-refractivity contribution >= 4 is 26.7 Å². The maximum Gasteiger partial charge on any atom is 0.265 e. The van der Waals surface area contributed by atoms with Gasteiger partial charge in [0, 0.05) is 28.9 Å². The van der Waals surface area contributed by atoms with E-state index in [9.17, 15) is 8.42 Å². The highest BCUT2D eigenvalue weighted by Crippen LogP contribution is 2.34. The SMILES string of the molecule is COc1ccc(C)cc1S(=O)(=O)Nc1cc(-c2cccnc2)c2occc2c1. The zero-order chi connectivity index (χ0) is 19.7. The van der Waals surface area contributed by atoms with E-state index in [2.05, 4.69) is 9.71 Å². The number of fused-ring (bicyclic) bond motifs is 1. The molecule has 7 heteroatoms. The van der Waals surface area contributed by atoms with Crippen LogP contribution >= 0.6 is 0 Å². The van der Waals surface area contributed by atoms with Crippen molar-refractivity contribution in [2.45, 2.75) is 11.8 Å². The Balaban J connectivity index is 1.82. The minimum Gasteiger partial charge on any atom is -0.495 e. The summed E-state index contributed by atoms with van der Waals surface area (Å²) < 4.78 is 39.5. The summed E-state index contributed by atoms with van der Waals surface area (Å²) >= 11 is 0. The van der Waals surface area contributed by atoms with Crippen LogP contribution in [0.3, 0.4) is 0 Å². The van der Waals surface area contributed by atoms with Crippen molar-refractivity contribution in [3.63, 3.8) is 0 Å². The van der Waals surface area contributed by atoms with Crippen LogP contribution in [0.4, 0.5) is 5.69 Å². The predicted octanol–water partition coefficient (Wildman–Crippen LogP) is 4.61. The quantitative estimate of drug-likeness (QED) is 0.534. The average molecular weight is 394 g/mol. The van der Waals surface area contributed by atoms with Crippen LogP contribution in [0.2, 0.25) is 0 Å². The molecule has 0 fully saturated rings. The Kier molecular flexibility index (Phi) is 4.52. The van der Waals surface area contributed by atoms with E-state index < -0.39 is 10.0 Å². The highest BCUT2D eigenvalue weighted by Gasteiger charge is 2.21. The van der Waals surface area contributed by atoms with Gasteiger partial charge in [-0.3, -0.25) is 9.71 Å². The number of nitrogens with one attached hydrogen (secondary N) is 1. The standard InChI is InChI=1S/C21H18N2O4S/c1-14-5-6-19(26-2)20(10-14)28(24,25)23-17-11-15-7-9-27-21(15)18(12-17)16-4-3-8-22-13-16/h3-13,23H,1-2H3. The van der Waals surface area contributed by atoms with Gasteiger partial charge in [-0.05, 0) is 48.9 Å². The number of furan rings is 1. The van der Waals surface area contributed by atoms with Crippen LogP contribution in [0, 0.1) is 6.92 Å². The number of ether oxygens (including phenoxy) is 1. The molecule has 0 saturated heterocycles. The minimum atomic E-state index is -3.85. The molecule has 0 aliphatic heterocycles. The fourth-order valence-corrected chi connectivity index (χ4v) is 4.38.